The molecule has 9 nitrogen and oxygen atoms in total. The molecule has 33 heavy (non-hydrogen) atoms. The van der Waals surface area contributed by atoms with Crippen LogP contribution in [0.2, 0.25) is 0 Å². The molecule has 2 aromatic carbocycles. The van der Waals surface area contributed by atoms with Crippen molar-refractivity contribution < 1.29 is 24.0 Å². The molecule has 9 heteroatoms. The second-order valence-corrected chi connectivity index (χ2v) is 7.76. The van der Waals surface area contributed by atoms with Gasteiger partial charge in [-0.15, -0.1) is 0 Å². The molecular formula is C24H23N3O6. The average Bonchev–Trinajstić information content (AvgIpc) is 3.06. The zero-order valence-corrected chi connectivity index (χ0v) is 18.1. The van der Waals surface area contributed by atoms with E-state index in [1.807, 2.05) is 24.3 Å². The molecule has 0 fully saturated rings. The number of hydrogen-bond donors (Lipinski definition) is 1. The first-order valence-electron chi connectivity index (χ1n) is 10.7. The standard InChI is InChI=1S/C24H23N3O6/c1-32-21-13-15(27(30)31)11-12-20(21)26-22(28)14-33-24(29)23-16-7-3-2-4-9-18(16)25-19-10-6-5-8-17(19)23/h5-6,8,10-13H,2-4,7,9,14H2,1H3,(H,26,28). The summed E-state index contributed by atoms with van der Waals surface area (Å²) in [5.74, 6) is -1.02. The second-order valence-electron chi connectivity index (χ2n) is 7.76. The maximum atomic E-state index is 13.1. The normalized spacial score (nSPS) is 13.0. The number of ether oxygens (including phenoxy) is 2. The number of methoxy groups -OCH3 is 1. The van der Waals surface area contributed by atoms with E-state index < -0.39 is 23.4 Å². The van der Waals surface area contributed by atoms with Crippen LogP contribution in [0.3, 0.4) is 0 Å². The predicted octanol–water partition coefficient (Wildman–Crippen LogP) is 4.22. The molecule has 0 aliphatic heterocycles. The van der Waals surface area contributed by atoms with Gasteiger partial charge in [0.2, 0.25) is 0 Å². The minimum Gasteiger partial charge on any atom is -0.494 e. The largest absolute Gasteiger partial charge is 0.494 e. The van der Waals surface area contributed by atoms with Gasteiger partial charge in [0, 0.05) is 17.1 Å². The van der Waals surface area contributed by atoms with Gasteiger partial charge in [0.1, 0.15) is 5.75 Å². The Kier molecular flexibility index (Phi) is 6.48. The third-order valence-corrected chi connectivity index (χ3v) is 5.63. The maximum absolute atomic E-state index is 13.1. The first-order valence-corrected chi connectivity index (χ1v) is 10.7. The van der Waals surface area contributed by atoms with E-state index in [9.17, 15) is 19.7 Å². The van der Waals surface area contributed by atoms with E-state index in [1.54, 1.807) is 0 Å². The van der Waals surface area contributed by atoms with Crippen molar-refractivity contribution in [3.63, 3.8) is 0 Å². The van der Waals surface area contributed by atoms with Gasteiger partial charge in [0.25, 0.3) is 11.6 Å². The van der Waals surface area contributed by atoms with Crippen LogP contribution in [0.5, 0.6) is 5.75 Å². The number of amides is 1. The Balaban J connectivity index is 1.53. The number of nitrogens with zero attached hydrogens (tertiary/aromatic N) is 2. The van der Waals surface area contributed by atoms with Crippen LogP contribution in [0.1, 0.15) is 40.9 Å². The number of benzene rings is 2. The summed E-state index contributed by atoms with van der Waals surface area (Å²) < 4.78 is 10.5. The first kappa shape index (κ1) is 22.2. The Bertz CT molecular complexity index is 1240. The van der Waals surface area contributed by atoms with Crippen molar-refractivity contribution in [1.29, 1.82) is 0 Å². The lowest BCUT2D eigenvalue weighted by Crippen LogP contribution is -2.22. The monoisotopic (exact) mass is 449 g/mol. The number of rotatable bonds is 6. The van der Waals surface area contributed by atoms with Crippen molar-refractivity contribution >= 4 is 34.2 Å². The number of anilines is 1. The summed E-state index contributed by atoms with van der Waals surface area (Å²) in [5.41, 5.74) is 3.09. The number of carbonyl (C=O) groups excluding carboxylic acids is 2. The Hall–Kier alpha value is -4.01. The summed E-state index contributed by atoms with van der Waals surface area (Å²) >= 11 is 0. The van der Waals surface area contributed by atoms with E-state index >= 15 is 0 Å². The number of nitro groups is 1. The Morgan fingerprint density at radius 2 is 1.91 bits per heavy atom. The average molecular weight is 449 g/mol. The fourth-order valence-corrected chi connectivity index (χ4v) is 4.07. The summed E-state index contributed by atoms with van der Waals surface area (Å²) in [7, 11) is 1.34. The quantitative estimate of drug-likeness (QED) is 0.259. The van der Waals surface area contributed by atoms with Gasteiger partial charge in [-0.2, -0.15) is 0 Å². The van der Waals surface area contributed by atoms with Crippen LogP contribution < -0.4 is 10.1 Å². The molecule has 1 amide bonds. The van der Waals surface area contributed by atoms with E-state index in [0.29, 0.717) is 10.9 Å². The van der Waals surface area contributed by atoms with Crippen molar-refractivity contribution in [2.24, 2.45) is 0 Å². The minimum atomic E-state index is -0.583. The van der Waals surface area contributed by atoms with Crippen molar-refractivity contribution in [3.05, 3.63) is 69.4 Å². The van der Waals surface area contributed by atoms with Gasteiger partial charge < -0.3 is 14.8 Å². The fourth-order valence-electron chi connectivity index (χ4n) is 4.07. The van der Waals surface area contributed by atoms with Gasteiger partial charge in [0.05, 0.1) is 34.9 Å². The first-order chi connectivity index (χ1) is 16.0. The third-order valence-electron chi connectivity index (χ3n) is 5.63. The molecule has 0 bridgehead atoms. The van der Waals surface area contributed by atoms with Gasteiger partial charge in [-0.05, 0) is 43.4 Å². The minimum absolute atomic E-state index is 0.134. The van der Waals surface area contributed by atoms with Crippen molar-refractivity contribution in [2.75, 3.05) is 19.0 Å². The van der Waals surface area contributed by atoms with Crippen molar-refractivity contribution in [1.82, 2.24) is 4.98 Å². The highest BCUT2D eigenvalue weighted by molar-refractivity contribution is 6.06. The van der Waals surface area contributed by atoms with Crippen LogP contribution in [0.4, 0.5) is 11.4 Å². The van der Waals surface area contributed by atoms with Crippen LogP contribution in [0.15, 0.2) is 42.5 Å². The van der Waals surface area contributed by atoms with Crippen molar-refractivity contribution in [3.8, 4) is 5.75 Å². The molecule has 3 aromatic rings. The van der Waals surface area contributed by atoms with Crippen LogP contribution in [-0.4, -0.2) is 35.5 Å². The fraction of sp³-hybridized carbons (Fsp3) is 0.292. The highest BCUT2D eigenvalue weighted by Crippen LogP contribution is 2.30. The lowest BCUT2D eigenvalue weighted by atomic mass is 9.97. The van der Waals surface area contributed by atoms with Gasteiger partial charge in [0.15, 0.2) is 6.61 Å². The Morgan fingerprint density at radius 1 is 1.12 bits per heavy atom. The molecule has 1 aliphatic carbocycles. The lowest BCUT2D eigenvalue weighted by Gasteiger charge is -2.15. The number of aryl methyl sites for hydroxylation is 1. The van der Waals surface area contributed by atoms with Crippen LogP contribution in [-0.2, 0) is 22.4 Å². The number of nitrogens with one attached hydrogen (secondary N) is 1. The van der Waals surface area contributed by atoms with E-state index in [2.05, 4.69) is 5.32 Å². The summed E-state index contributed by atoms with van der Waals surface area (Å²) in [5, 5.41) is 14.2. The molecule has 0 unspecified atom stereocenters. The molecule has 1 N–H and O–H groups in total. The molecule has 0 radical (unpaired) electrons. The number of para-hydroxylation sites is 1. The second kappa shape index (κ2) is 9.64. The highest BCUT2D eigenvalue weighted by Gasteiger charge is 2.23. The number of pyridine rings is 1. The Labute approximate surface area is 189 Å². The molecule has 0 saturated heterocycles. The van der Waals surface area contributed by atoms with Gasteiger partial charge in [-0.1, -0.05) is 24.6 Å². The molecule has 0 spiro atoms. The maximum Gasteiger partial charge on any atom is 0.339 e. The molecule has 4 rings (SSSR count). The number of aromatic nitrogens is 1. The Morgan fingerprint density at radius 3 is 2.70 bits per heavy atom. The van der Waals surface area contributed by atoms with Crippen LogP contribution in [0, 0.1) is 10.1 Å². The molecular weight excluding hydrogens is 426 g/mol. The number of hydrogen-bond acceptors (Lipinski definition) is 7. The molecule has 0 atom stereocenters. The SMILES string of the molecule is COc1cc([N+](=O)[O-])ccc1NC(=O)COC(=O)c1c2c(nc3ccccc13)CCCCC2. The lowest BCUT2D eigenvalue weighted by molar-refractivity contribution is -0.384. The summed E-state index contributed by atoms with van der Waals surface area (Å²) in [6.07, 6.45) is 4.60. The molecule has 1 aromatic heterocycles. The zero-order chi connectivity index (χ0) is 23.4. The van der Waals surface area contributed by atoms with Gasteiger partial charge in [-0.25, -0.2) is 4.79 Å². The number of non-ortho nitro benzene ring substituents is 1. The molecule has 0 saturated carbocycles. The number of esters is 1. The van der Waals surface area contributed by atoms with E-state index in [4.69, 9.17) is 14.5 Å². The zero-order valence-electron chi connectivity index (χ0n) is 18.1. The van der Waals surface area contributed by atoms with Crippen molar-refractivity contribution in [2.45, 2.75) is 32.1 Å². The molecule has 1 heterocycles. The van der Waals surface area contributed by atoms with E-state index in [-0.39, 0.29) is 17.1 Å². The van der Waals surface area contributed by atoms with Crippen LogP contribution >= 0.6 is 0 Å². The molecule has 1 aliphatic rings. The predicted molar refractivity (Wildman–Crippen MR) is 122 cm³/mol. The molecule has 170 valence electrons. The van der Waals surface area contributed by atoms with Crippen LogP contribution in [0.25, 0.3) is 10.9 Å². The number of carbonyl (C=O) groups is 2. The van der Waals surface area contributed by atoms with Gasteiger partial charge >= 0.3 is 5.97 Å². The third kappa shape index (κ3) is 4.77. The van der Waals surface area contributed by atoms with Gasteiger partial charge in [-0.3, -0.25) is 19.9 Å². The smallest absolute Gasteiger partial charge is 0.339 e. The summed E-state index contributed by atoms with van der Waals surface area (Å²) in [6.45, 7) is -0.510. The summed E-state index contributed by atoms with van der Waals surface area (Å²) in [6, 6.07) is 11.3. The number of fused-ring (bicyclic) bond motifs is 2. The van der Waals surface area contributed by atoms with E-state index in [1.165, 1.54) is 25.3 Å². The number of nitro benzene ring substituents is 1. The highest BCUT2D eigenvalue weighted by atomic mass is 16.6. The van der Waals surface area contributed by atoms with E-state index in [0.717, 1.165) is 48.9 Å². The topological polar surface area (TPSA) is 121 Å². The summed E-state index contributed by atoms with van der Waals surface area (Å²) in [4.78, 5) is 40.7.